The fraction of sp³-hybridized carbons (Fsp3) is 1.00. The Kier molecular flexibility index (Phi) is 8.40. The molecule has 3 nitrogen and oxygen atoms in total. The summed E-state index contributed by atoms with van der Waals surface area (Å²) in [6.07, 6.45) is 1.26. The van der Waals surface area contributed by atoms with Crippen molar-refractivity contribution in [2.75, 3.05) is 26.9 Å². The molecule has 0 aliphatic carbocycles. The molecule has 0 saturated carbocycles. The lowest BCUT2D eigenvalue weighted by Crippen LogP contribution is -2.25. The minimum absolute atomic E-state index is 0.212. The van der Waals surface area contributed by atoms with Gasteiger partial charge in [-0.3, -0.25) is 0 Å². The zero-order chi connectivity index (χ0) is 10.1. The van der Waals surface area contributed by atoms with Gasteiger partial charge in [0, 0.05) is 19.3 Å². The molecule has 0 aromatic rings. The largest absolute Gasteiger partial charge is 0.379 e. The van der Waals surface area contributed by atoms with E-state index in [9.17, 15) is 0 Å². The quantitative estimate of drug-likeness (QED) is 0.626. The van der Waals surface area contributed by atoms with Gasteiger partial charge < -0.3 is 14.8 Å². The van der Waals surface area contributed by atoms with Gasteiger partial charge in [-0.15, -0.1) is 0 Å². The summed E-state index contributed by atoms with van der Waals surface area (Å²) in [4.78, 5) is 0. The van der Waals surface area contributed by atoms with Crippen molar-refractivity contribution >= 4 is 0 Å². The molecule has 2 unspecified atom stereocenters. The molecule has 0 aliphatic heterocycles. The SMILES string of the molecule is CCOCC(C)OCCC(C)NC. The van der Waals surface area contributed by atoms with Gasteiger partial charge in [0.05, 0.1) is 12.7 Å². The van der Waals surface area contributed by atoms with Gasteiger partial charge in [-0.05, 0) is 34.2 Å². The van der Waals surface area contributed by atoms with Crippen LogP contribution in [0, 0.1) is 0 Å². The summed E-state index contributed by atoms with van der Waals surface area (Å²) in [5, 5.41) is 3.17. The lowest BCUT2D eigenvalue weighted by molar-refractivity contribution is -0.00571. The van der Waals surface area contributed by atoms with Crippen molar-refractivity contribution in [2.24, 2.45) is 0 Å². The first-order valence-corrected chi connectivity index (χ1v) is 5.07. The summed E-state index contributed by atoms with van der Waals surface area (Å²) >= 11 is 0. The predicted octanol–water partition coefficient (Wildman–Crippen LogP) is 1.43. The molecule has 0 rings (SSSR count). The Balaban J connectivity index is 3.21. The number of hydrogen-bond acceptors (Lipinski definition) is 3. The van der Waals surface area contributed by atoms with Gasteiger partial charge in [-0.25, -0.2) is 0 Å². The standard InChI is InChI=1S/C10H23NO2/c1-5-12-8-10(3)13-7-6-9(2)11-4/h9-11H,5-8H2,1-4H3. The molecule has 13 heavy (non-hydrogen) atoms. The molecule has 0 amide bonds. The van der Waals surface area contributed by atoms with Gasteiger partial charge in [0.2, 0.25) is 0 Å². The molecule has 0 aromatic carbocycles. The average molecular weight is 189 g/mol. The Hall–Kier alpha value is -0.120. The predicted molar refractivity (Wildman–Crippen MR) is 55.0 cm³/mol. The lowest BCUT2D eigenvalue weighted by atomic mass is 10.2. The fourth-order valence-corrected chi connectivity index (χ4v) is 0.922. The van der Waals surface area contributed by atoms with Crippen molar-refractivity contribution in [2.45, 2.75) is 39.3 Å². The molecule has 0 radical (unpaired) electrons. The first-order chi connectivity index (χ1) is 6.20. The van der Waals surface area contributed by atoms with Gasteiger partial charge in [0.1, 0.15) is 0 Å². The topological polar surface area (TPSA) is 30.5 Å². The van der Waals surface area contributed by atoms with Gasteiger partial charge >= 0.3 is 0 Å². The van der Waals surface area contributed by atoms with Crippen LogP contribution in [0.1, 0.15) is 27.2 Å². The molecule has 0 spiro atoms. The minimum atomic E-state index is 0.212. The Morgan fingerprint density at radius 2 is 2.00 bits per heavy atom. The zero-order valence-corrected chi connectivity index (χ0v) is 9.30. The third-order valence-corrected chi connectivity index (χ3v) is 2.00. The first kappa shape index (κ1) is 12.9. The maximum absolute atomic E-state index is 5.55. The molecule has 0 heterocycles. The normalized spacial score (nSPS) is 15.7. The number of hydrogen-bond donors (Lipinski definition) is 1. The molecule has 80 valence electrons. The van der Waals surface area contributed by atoms with Gasteiger partial charge in [0.15, 0.2) is 0 Å². The van der Waals surface area contributed by atoms with E-state index in [1.165, 1.54) is 0 Å². The van der Waals surface area contributed by atoms with E-state index in [0.717, 1.165) is 19.6 Å². The van der Waals surface area contributed by atoms with Crippen LogP contribution >= 0.6 is 0 Å². The highest BCUT2D eigenvalue weighted by Crippen LogP contribution is 1.96. The molecule has 0 fully saturated rings. The average Bonchev–Trinajstić information content (AvgIpc) is 2.14. The minimum Gasteiger partial charge on any atom is -0.379 e. The second kappa shape index (κ2) is 8.48. The van der Waals surface area contributed by atoms with Crippen LogP contribution in [0.15, 0.2) is 0 Å². The van der Waals surface area contributed by atoms with E-state index in [1.807, 2.05) is 20.9 Å². The third-order valence-electron chi connectivity index (χ3n) is 2.00. The van der Waals surface area contributed by atoms with E-state index < -0.39 is 0 Å². The second-order valence-corrected chi connectivity index (χ2v) is 3.32. The zero-order valence-electron chi connectivity index (χ0n) is 9.30. The summed E-state index contributed by atoms with van der Waals surface area (Å²) < 4.78 is 10.8. The monoisotopic (exact) mass is 189 g/mol. The highest BCUT2D eigenvalue weighted by atomic mass is 16.5. The van der Waals surface area contributed by atoms with Gasteiger partial charge in [0.25, 0.3) is 0 Å². The van der Waals surface area contributed by atoms with E-state index in [4.69, 9.17) is 9.47 Å². The summed E-state index contributed by atoms with van der Waals surface area (Å²) in [6.45, 7) is 8.45. The summed E-state index contributed by atoms with van der Waals surface area (Å²) in [6, 6.07) is 0.527. The van der Waals surface area contributed by atoms with E-state index in [1.54, 1.807) is 0 Å². The smallest absolute Gasteiger partial charge is 0.0780 e. The Morgan fingerprint density at radius 1 is 1.31 bits per heavy atom. The van der Waals surface area contributed by atoms with E-state index in [-0.39, 0.29) is 6.10 Å². The molecule has 0 aromatic heterocycles. The van der Waals surface area contributed by atoms with Crippen LogP contribution < -0.4 is 5.32 Å². The maximum atomic E-state index is 5.55. The molecule has 0 aliphatic rings. The Morgan fingerprint density at radius 3 is 2.54 bits per heavy atom. The van der Waals surface area contributed by atoms with E-state index in [0.29, 0.717) is 12.6 Å². The highest BCUT2D eigenvalue weighted by Gasteiger charge is 2.03. The molecule has 0 saturated heterocycles. The highest BCUT2D eigenvalue weighted by molar-refractivity contribution is 4.56. The fourth-order valence-electron chi connectivity index (χ4n) is 0.922. The van der Waals surface area contributed by atoms with Crippen LogP contribution in [0.4, 0.5) is 0 Å². The van der Waals surface area contributed by atoms with Crippen molar-refractivity contribution in [3.05, 3.63) is 0 Å². The lowest BCUT2D eigenvalue weighted by Gasteiger charge is -2.15. The Labute approximate surface area is 81.8 Å². The first-order valence-electron chi connectivity index (χ1n) is 5.07. The van der Waals surface area contributed by atoms with Crippen LogP contribution in [0.3, 0.4) is 0 Å². The van der Waals surface area contributed by atoms with Crippen molar-refractivity contribution in [3.8, 4) is 0 Å². The number of nitrogens with one attached hydrogen (secondary N) is 1. The van der Waals surface area contributed by atoms with Crippen LogP contribution in [0.5, 0.6) is 0 Å². The van der Waals surface area contributed by atoms with E-state index in [2.05, 4.69) is 12.2 Å². The second-order valence-electron chi connectivity index (χ2n) is 3.32. The number of ether oxygens (including phenoxy) is 2. The van der Waals surface area contributed by atoms with Crippen LogP contribution in [-0.2, 0) is 9.47 Å². The number of rotatable bonds is 8. The molecular weight excluding hydrogens is 166 g/mol. The van der Waals surface area contributed by atoms with E-state index >= 15 is 0 Å². The van der Waals surface area contributed by atoms with Crippen molar-refractivity contribution in [1.82, 2.24) is 5.32 Å². The molecular formula is C10H23NO2. The van der Waals surface area contributed by atoms with Crippen molar-refractivity contribution < 1.29 is 9.47 Å². The maximum Gasteiger partial charge on any atom is 0.0780 e. The molecule has 0 bridgehead atoms. The van der Waals surface area contributed by atoms with Crippen LogP contribution in [0.2, 0.25) is 0 Å². The third kappa shape index (κ3) is 8.22. The summed E-state index contributed by atoms with van der Waals surface area (Å²) in [5.74, 6) is 0. The van der Waals surface area contributed by atoms with Crippen LogP contribution in [0.25, 0.3) is 0 Å². The molecule has 1 N–H and O–H groups in total. The van der Waals surface area contributed by atoms with Crippen molar-refractivity contribution in [1.29, 1.82) is 0 Å². The molecule has 3 heteroatoms. The molecule has 2 atom stereocenters. The van der Waals surface area contributed by atoms with Crippen molar-refractivity contribution in [3.63, 3.8) is 0 Å². The summed E-state index contributed by atoms with van der Waals surface area (Å²) in [7, 11) is 1.97. The van der Waals surface area contributed by atoms with Gasteiger partial charge in [-0.1, -0.05) is 0 Å². The van der Waals surface area contributed by atoms with Crippen LogP contribution in [-0.4, -0.2) is 39.0 Å². The van der Waals surface area contributed by atoms with Gasteiger partial charge in [-0.2, -0.15) is 0 Å². The Bertz CT molecular complexity index is 109. The summed E-state index contributed by atoms with van der Waals surface area (Å²) in [5.41, 5.74) is 0.